The maximum Gasteiger partial charge on any atom is 0.276 e. The molecule has 0 radical (unpaired) electrons. The lowest BCUT2D eigenvalue weighted by Crippen LogP contribution is -2.30. The molecular formula is C12H11N3O3S. The van der Waals surface area contributed by atoms with Crippen molar-refractivity contribution in [2.24, 2.45) is 0 Å². The van der Waals surface area contributed by atoms with Crippen molar-refractivity contribution in [2.45, 2.75) is 6.92 Å². The Kier molecular flexibility index (Phi) is 3.57. The van der Waals surface area contributed by atoms with Crippen molar-refractivity contribution >= 4 is 35.0 Å². The molecule has 1 heterocycles. The minimum Gasteiger partial charge on any atom is -0.328 e. The third-order valence-electron chi connectivity index (χ3n) is 2.67. The number of nitro benzene ring substituents is 1. The van der Waals surface area contributed by atoms with Crippen LogP contribution in [0.1, 0.15) is 12.5 Å². The summed E-state index contributed by atoms with van der Waals surface area (Å²) < 4.78 is 0. The molecule has 0 bridgehead atoms. The number of amides is 1. The van der Waals surface area contributed by atoms with E-state index in [1.807, 2.05) is 6.92 Å². The summed E-state index contributed by atoms with van der Waals surface area (Å²) >= 11 is 5.02. The first kappa shape index (κ1) is 13.2. The van der Waals surface area contributed by atoms with Crippen LogP contribution in [0.15, 0.2) is 30.0 Å². The molecule has 19 heavy (non-hydrogen) atoms. The number of thiocarbonyl (C=S) groups is 1. The Balaban J connectivity index is 2.32. The smallest absolute Gasteiger partial charge is 0.276 e. The van der Waals surface area contributed by atoms with E-state index in [1.54, 1.807) is 18.2 Å². The normalized spacial score (nSPS) is 16.9. The van der Waals surface area contributed by atoms with Gasteiger partial charge in [0, 0.05) is 18.7 Å². The summed E-state index contributed by atoms with van der Waals surface area (Å²) in [6.07, 6.45) is 1.55. The lowest BCUT2D eigenvalue weighted by molar-refractivity contribution is -0.384. The van der Waals surface area contributed by atoms with E-state index in [4.69, 9.17) is 12.2 Å². The molecule has 1 aliphatic rings. The van der Waals surface area contributed by atoms with Crippen molar-refractivity contribution in [3.63, 3.8) is 0 Å². The molecule has 0 atom stereocenters. The first-order chi connectivity index (χ1) is 9.02. The standard InChI is InChI=1S/C12H11N3O3S/c1-2-14-11(16)10(13-12(14)19)7-8-4-3-5-9(6-8)15(17)18/h3-7H,2H2,1H3,(H,13,19). The van der Waals surface area contributed by atoms with Gasteiger partial charge in [0.05, 0.1) is 4.92 Å². The molecule has 2 rings (SSSR count). The highest BCUT2D eigenvalue weighted by atomic mass is 32.1. The van der Waals surface area contributed by atoms with E-state index in [2.05, 4.69) is 5.32 Å². The fourth-order valence-electron chi connectivity index (χ4n) is 1.75. The molecule has 0 aromatic heterocycles. The van der Waals surface area contributed by atoms with Gasteiger partial charge in [0.2, 0.25) is 0 Å². The van der Waals surface area contributed by atoms with E-state index in [9.17, 15) is 14.9 Å². The minimum absolute atomic E-state index is 0.0188. The lowest BCUT2D eigenvalue weighted by Gasteiger charge is -2.08. The maximum atomic E-state index is 11.9. The van der Waals surface area contributed by atoms with Crippen molar-refractivity contribution in [1.82, 2.24) is 10.2 Å². The molecule has 98 valence electrons. The van der Waals surface area contributed by atoms with Crippen molar-refractivity contribution < 1.29 is 9.72 Å². The van der Waals surface area contributed by atoms with Gasteiger partial charge < -0.3 is 5.32 Å². The lowest BCUT2D eigenvalue weighted by atomic mass is 10.1. The van der Waals surface area contributed by atoms with E-state index in [1.165, 1.54) is 17.0 Å². The first-order valence-corrected chi connectivity index (χ1v) is 6.02. The van der Waals surface area contributed by atoms with Gasteiger partial charge in [0.25, 0.3) is 11.6 Å². The molecular weight excluding hydrogens is 266 g/mol. The van der Waals surface area contributed by atoms with Crippen LogP contribution < -0.4 is 5.32 Å². The van der Waals surface area contributed by atoms with Crippen molar-refractivity contribution in [1.29, 1.82) is 0 Å². The molecule has 1 fully saturated rings. The van der Waals surface area contributed by atoms with Gasteiger partial charge in [-0.05, 0) is 30.8 Å². The summed E-state index contributed by atoms with van der Waals surface area (Å²) in [6, 6.07) is 6.06. The van der Waals surface area contributed by atoms with Gasteiger partial charge in [-0.15, -0.1) is 0 Å². The van der Waals surface area contributed by atoms with Crippen LogP contribution in [0.4, 0.5) is 5.69 Å². The molecule has 1 aliphatic heterocycles. The van der Waals surface area contributed by atoms with Gasteiger partial charge >= 0.3 is 0 Å². The number of non-ortho nitro benzene ring substituents is 1. The summed E-state index contributed by atoms with van der Waals surface area (Å²) in [6.45, 7) is 2.30. The van der Waals surface area contributed by atoms with Crippen LogP contribution in [0.5, 0.6) is 0 Å². The number of rotatable bonds is 3. The maximum absolute atomic E-state index is 11.9. The van der Waals surface area contributed by atoms with E-state index < -0.39 is 4.92 Å². The molecule has 1 saturated heterocycles. The molecule has 0 spiro atoms. The summed E-state index contributed by atoms with van der Waals surface area (Å²) in [5.41, 5.74) is 0.882. The Morgan fingerprint density at radius 1 is 1.53 bits per heavy atom. The van der Waals surface area contributed by atoms with Crippen LogP contribution in [0.3, 0.4) is 0 Å². The Morgan fingerprint density at radius 2 is 2.26 bits per heavy atom. The van der Waals surface area contributed by atoms with E-state index in [-0.39, 0.29) is 11.6 Å². The number of nitrogens with zero attached hydrogens (tertiary/aromatic N) is 2. The molecule has 6 nitrogen and oxygen atoms in total. The zero-order valence-electron chi connectivity index (χ0n) is 10.1. The third kappa shape index (κ3) is 2.60. The van der Waals surface area contributed by atoms with Gasteiger partial charge in [0.15, 0.2) is 5.11 Å². The Labute approximate surface area is 114 Å². The third-order valence-corrected chi connectivity index (χ3v) is 2.99. The second kappa shape index (κ2) is 5.15. The van der Waals surface area contributed by atoms with Crippen LogP contribution in [-0.4, -0.2) is 27.4 Å². The summed E-state index contributed by atoms with van der Waals surface area (Å²) in [5, 5.41) is 13.8. The van der Waals surface area contributed by atoms with Crippen molar-refractivity contribution in [3.8, 4) is 0 Å². The summed E-state index contributed by atoms with van der Waals surface area (Å²) in [4.78, 5) is 23.6. The predicted molar refractivity (Wildman–Crippen MR) is 74.2 cm³/mol. The minimum atomic E-state index is -0.477. The second-order valence-corrected chi connectivity index (χ2v) is 4.28. The Bertz CT molecular complexity index is 598. The Morgan fingerprint density at radius 3 is 2.84 bits per heavy atom. The van der Waals surface area contributed by atoms with Crippen LogP contribution in [-0.2, 0) is 4.79 Å². The van der Waals surface area contributed by atoms with Gasteiger partial charge in [0.1, 0.15) is 5.70 Å². The molecule has 0 aliphatic carbocycles. The van der Waals surface area contributed by atoms with Crippen LogP contribution in [0, 0.1) is 10.1 Å². The number of nitro groups is 1. The van der Waals surface area contributed by atoms with E-state index in [0.29, 0.717) is 22.9 Å². The first-order valence-electron chi connectivity index (χ1n) is 5.62. The van der Waals surface area contributed by atoms with Crippen LogP contribution in [0.25, 0.3) is 6.08 Å². The molecule has 7 heteroatoms. The molecule has 0 unspecified atom stereocenters. The van der Waals surface area contributed by atoms with E-state index in [0.717, 1.165) is 0 Å². The number of nitrogens with one attached hydrogen (secondary N) is 1. The monoisotopic (exact) mass is 277 g/mol. The highest BCUT2D eigenvalue weighted by molar-refractivity contribution is 7.80. The largest absolute Gasteiger partial charge is 0.328 e. The topological polar surface area (TPSA) is 75.5 Å². The molecule has 1 aromatic rings. The summed E-state index contributed by atoms with van der Waals surface area (Å²) in [5.74, 6) is -0.223. The highest BCUT2D eigenvalue weighted by Gasteiger charge is 2.28. The average molecular weight is 277 g/mol. The number of benzene rings is 1. The Hall–Kier alpha value is -2.28. The second-order valence-electron chi connectivity index (χ2n) is 3.89. The number of hydrogen-bond donors (Lipinski definition) is 1. The average Bonchev–Trinajstić information content (AvgIpc) is 2.64. The molecule has 1 amide bonds. The SMILES string of the molecule is CCN1C(=O)C(=Cc2cccc([N+](=O)[O-])c2)NC1=S. The van der Waals surface area contributed by atoms with Crippen molar-refractivity contribution in [3.05, 3.63) is 45.6 Å². The predicted octanol–water partition coefficient (Wildman–Crippen LogP) is 1.67. The van der Waals surface area contributed by atoms with Gasteiger partial charge in [-0.3, -0.25) is 19.8 Å². The zero-order valence-corrected chi connectivity index (χ0v) is 10.9. The number of carbonyl (C=O) groups excluding carboxylic acids is 1. The summed E-state index contributed by atoms with van der Waals surface area (Å²) in [7, 11) is 0. The number of likely N-dealkylation sites (N-methyl/N-ethyl adjacent to an activating group) is 1. The fourth-order valence-corrected chi connectivity index (χ4v) is 2.08. The van der Waals surface area contributed by atoms with E-state index >= 15 is 0 Å². The molecule has 0 saturated carbocycles. The quantitative estimate of drug-likeness (QED) is 0.394. The fraction of sp³-hybridized carbons (Fsp3) is 0.167. The highest BCUT2D eigenvalue weighted by Crippen LogP contribution is 2.18. The van der Waals surface area contributed by atoms with Gasteiger partial charge in [-0.2, -0.15) is 0 Å². The molecule has 1 N–H and O–H groups in total. The molecule has 1 aromatic carbocycles. The van der Waals surface area contributed by atoms with Gasteiger partial charge in [-0.1, -0.05) is 12.1 Å². The van der Waals surface area contributed by atoms with Crippen LogP contribution in [0.2, 0.25) is 0 Å². The van der Waals surface area contributed by atoms with Crippen molar-refractivity contribution in [2.75, 3.05) is 6.54 Å². The number of carbonyl (C=O) groups is 1. The zero-order chi connectivity index (χ0) is 14.0. The number of hydrogen-bond acceptors (Lipinski definition) is 4. The van der Waals surface area contributed by atoms with Gasteiger partial charge in [-0.25, -0.2) is 0 Å². The van der Waals surface area contributed by atoms with Crippen LogP contribution >= 0.6 is 12.2 Å².